The molecule has 0 unspecified atom stereocenters. The Labute approximate surface area is 253 Å². The van der Waals surface area contributed by atoms with E-state index in [1.807, 2.05) is 38.1 Å². The lowest BCUT2D eigenvalue weighted by Gasteiger charge is -2.25. The van der Waals surface area contributed by atoms with E-state index in [0.717, 1.165) is 16.8 Å². The average Bonchev–Trinajstić information content (AvgIpc) is 2.95. The molecule has 43 heavy (non-hydrogen) atoms. The quantitative estimate of drug-likeness (QED) is 0.205. The summed E-state index contributed by atoms with van der Waals surface area (Å²) in [6, 6.07) is 19.5. The largest absolute Gasteiger partial charge is 0.497 e. The second kappa shape index (κ2) is 13.0. The normalized spacial score (nSPS) is 12.0. The molecule has 0 saturated carbocycles. The van der Waals surface area contributed by atoms with Crippen LogP contribution in [0.5, 0.6) is 11.5 Å². The SMILES string of the molecule is COc1ccc(CN(Cc2ccc(OC)cc2)S(=O)(=O)c2cc(NC(=O)OC(C)(C)C)cc3c(C(C)C)nccc23)cc1. The second-order valence-corrected chi connectivity index (χ2v) is 13.4. The summed E-state index contributed by atoms with van der Waals surface area (Å²) in [6.07, 6.45) is 0.938. The maximum atomic E-state index is 14.7. The van der Waals surface area contributed by atoms with Crippen LogP contribution < -0.4 is 14.8 Å². The van der Waals surface area contributed by atoms with Gasteiger partial charge in [0.2, 0.25) is 10.0 Å². The number of pyridine rings is 1. The van der Waals surface area contributed by atoms with E-state index in [9.17, 15) is 13.2 Å². The van der Waals surface area contributed by atoms with E-state index in [-0.39, 0.29) is 23.9 Å². The number of rotatable bonds is 10. The summed E-state index contributed by atoms with van der Waals surface area (Å²) in [5.74, 6) is 1.36. The van der Waals surface area contributed by atoms with Gasteiger partial charge >= 0.3 is 6.09 Å². The summed E-state index contributed by atoms with van der Waals surface area (Å²) in [5, 5.41) is 3.89. The van der Waals surface area contributed by atoms with Crippen molar-refractivity contribution in [3.63, 3.8) is 0 Å². The molecule has 0 spiro atoms. The zero-order chi connectivity index (χ0) is 31.4. The molecule has 0 fully saturated rings. The molecule has 0 radical (unpaired) electrons. The topological polar surface area (TPSA) is 107 Å². The highest BCUT2D eigenvalue weighted by atomic mass is 32.2. The van der Waals surface area contributed by atoms with Gasteiger partial charge in [-0.3, -0.25) is 10.3 Å². The number of benzene rings is 3. The van der Waals surface area contributed by atoms with Crippen LogP contribution in [0.1, 0.15) is 57.4 Å². The fraction of sp³-hybridized carbons (Fsp3) is 0.333. The van der Waals surface area contributed by atoms with Crippen LogP contribution in [-0.4, -0.2) is 43.6 Å². The highest BCUT2D eigenvalue weighted by Crippen LogP contribution is 2.35. The molecular weight excluding hydrogens is 566 g/mol. The molecule has 1 amide bonds. The Bertz CT molecular complexity index is 1630. The molecule has 0 aliphatic rings. The molecule has 0 atom stereocenters. The number of nitrogens with one attached hydrogen (secondary N) is 1. The molecule has 0 aliphatic heterocycles. The van der Waals surface area contributed by atoms with Crippen molar-refractivity contribution in [3.05, 3.63) is 89.7 Å². The maximum absolute atomic E-state index is 14.7. The number of sulfonamides is 1. The summed E-state index contributed by atoms with van der Waals surface area (Å²) < 4.78 is 46.8. The van der Waals surface area contributed by atoms with E-state index in [2.05, 4.69) is 10.3 Å². The van der Waals surface area contributed by atoms with Gasteiger partial charge in [-0.05, 0) is 80.3 Å². The lowest BCUT2D eigenvalue weighted by Crippen LogP contribution is -2.31. The van der Waals surface area contributed by atoms with Crippen molar-refractivity contribution in [2.45, 2.75) is 64.1 Å². The number of hydrogen-bond acceptors (Lipinski definition) is 7. The Morgan fingerprint density at radius 2 is 1.40 bits per heavy atom. The van der Waals surface area contributed by atoms with Crippen LogP contribution in [0.25, 0.3) is 10.8 Å². The van der Waals surface area contributed by atoms with Crippen LogP contribution in [0.3, 0.4) is 0 Å². The number of fused-ring (bicyclic) bond motifs is 1. The predicted molar refractivity (Wildman–Crippen MR) is 168 cm³/mol. The minimum absolute atomic E-state index is 0.00531. The van der Waals surface area contributed by atoms with E-state index in [4.69, 9.17) is 14.2 Å². The monoisotopic (exact) mass is 605 g/mol. The zero-order valence-corrected chi connectivity index (χ0v) is 26.5. The van der Waals surface area contributed by atoms with Crippen molar-refractivity contribution in [2.24, 2.45) is 0 Å². The Morgan fingerprint density at radius 1 is 0.860 bits per heavy atom. The van der Waals surface area contributed by atoms with Crippen molar-refractivity contribution < 1.29 is 27.4 Å². The smallest absolute Gasteiger partial charge is 0.412 e. The summed E-state index contributed by atoms with van der Waals surface area (Å²) in [7, 11) is -0.975. The number of aromatic nitrogens is 1. The number of carbonyl (C=O) groups excluding carboxylic acids is 1. The lowest BCUT2D eigenvalue weighted by molar-refractivity contribution is 0.0636. The number of ether oxygens (including phenoxy) is 3. The molecule has 0 aliphatic carbocycles. The van der Waals surface area contributed by atoms with Crippen molar-refractivity contribution in [3.8, 4) is 11.5 Å². The minimum Gasteiger partial charge on any atom is -0.497 e. The third-order valence-electron chi connectivity index (χ3n) is 6.72. The lowest BCUT2D eigenvalue weighted by atomic mass is 10.0. The van der Waals surface area contributed by atoms with Crippen LogP contribution in [0.2, 0.25) is 0 Å². The van der Waals surface area contributed by atoms with Crippen LogP contribution in [0, 0.1) is 0 Å². The molecule has 228 valence electrons. The van der Waals surface area contributed by atoms with Crippen LogP contribution in [-0.2, 0) is 27.8 Å². The number of nitrogens with zero attached hydrogens (tertiary/aromatic N) is 2. The first-order valence-electron chi connectivity index (χ1n) is 14.0. The minimum atomic E-state index is -4.14. The van der Waals surface area contributed by atoms with E-state index >= 15 is 0 Å². The standard InChI is InChI=1S/C33H39N3O6S/c1-22(2)31-29-18-25(35-32(37)42-33(3,4)5)19-30(28(29)16-17-34-31)43(38,39)36(20-23-8-12-26(40-6)13-9-23)21-24-10-14-27(41-7)15-11-24/h8-19,22H,20-21H2,1-7H3,(H,35,37). The molecule has 4 aromatic rings. The second-order valence-electron chi connectivity index (χ2n) is 11.5. The summed E-state index contributed by atoms with van der Waals surface area (Å²) in [4.78, 5) is 17.3. The van der Waals surface area contributed by atoms with Crippen molar-refractivity contribution in [1.82, 2.24) is 9.29 Å². The van der Waals surface area contributed by atoms with Gasteiger partial charge in [0.25, 0.3) is 0 Å². The van der Waals surface area contributed by atoms with Gasteiger partial charge in [-0.2, -0.15) is 4.31 Å². The third kappa shape index (κ3) is 7.82. The maximum Gasteiger partial charge on any atom is 0.412 e. The molecule has 4 rings (SSSR count). The van der Waals surface area contributed by atoms with Gasteiger partial charge in [-0.15, -0.1) is 0 Å². The summed E-state index contributed by atoms with van der Waals surface area (Å²) >= 11 is 0. The zero-order valence-electron chi connectivity index (χ0n) is 25.7. The fourth-order valence-corrected chi connectivity index (χ4v) is 6.32. The third-order valence-corrected chi connectivity index (χ3v) is 8.55. The summed E-state index contributed by atoms with van der Waals surface area (Å²) in [6.45, 7) is 9.48. The molecule has 3 aromatic carbocycles. The Kier molecular flexibility index (Phi) is 9.62. The Balaban J connectivity index is 1.86. The van der Waals surface area contributed by atoms with Crippen molar-refractivity contribution in [2.75, 3.05) is 19.5 Å². The van der Waals surface area contributed by atoms with Crippen molar-refractivity contribution in [1.29, 1.82) is 0 Å². The van der Waals surface area contributed by atoms with Gasteiger partial charge in [0.15, 0.2) is 0 Å². The molecule has 10 heteroatoms. The molecule has 0 saturated heterocycles. The van der Waals surface area contributed by atoms with Gasteiger partial charge in [0.05, 0.1) is 24.8 Å². The molecule has 9 nitrogen and oxygen atoms in total. The number of anilines is 1. The van der Waals surface area contributed by atoms with Gasteiger partial charge in [0, 0.05) is 35.7 Å². The number of hydrogen-bond donors (Lipinski definition) is 1. The van der Waals surface area contributed by atoms with E-state index < -0.39 is 21.7 Å². The molecule has 1 heterocycles. The van der Waals surface area contributed by atoms with Gasteiger partial charge in [-0.1, -0.05) is 38.1 Å². The first kappa shape index (κ1) is 31.8. The number of methoxy groups -OCH3 is 2. The Hall–Kier alpha value is -4.15. The number of amides is 1. The van der Waals surface area contributed by atoms with E-state index in [1.54, 1.807) is 77.6 Å². The average molecular weight is 606 g/mol. The first-order valence-corrected chi connectivity index (χ1v) is 15.4. The molecule has 1 N–H and O–H groups in total. The van der Waals surface area contributed by atoms with Gasteiger partial charge in [-0.25, -0.2) is 13.2 Å². The van der Waals surface area contributed by atoms with Gasteiger partial charge in [0.1, 0.15) is 17.1 Å². The highest BCUT2D eigenvalue weighted by Gasteiger charge is 2.29. The first-order chi connectivity index (χ1) is 20.3. The fourth-order valence-electron chi connectivity index (χ4n) is 4.67. The molecule has 0 bridgehead atoms. The Morgan fingerprint density at radius 3 is 1.86 bits per heavy atom. The van der Waals surface area contributed by atoms with E-state index in [0.29, 0.717) is 28.0 Å². The molecular formula is C33H39N3O6S. The summed E-state index contributed by atoms with van der Waals surface area (Å²) in [5.41, 5.74) is 1.86. The molecule has 1 aromatic heterocycles. The van der Waals surface area contributed by atoms with E-state index in [1.165, 1.54) is 10.4 Å². The van der Waals surface area contributed by atoms with Crippen LogP contribution in [0.4, 0.5) is 10.5 Å². The predicted octanol–water partition coefficient (Wildman–Crippen LogP) is 7.11. The van der Waals surface area contributed by atoms with Gasteiger partial charge < -0.3 is 14.2 Å². The van der Waals surface area contributed by atoms with Crippen molar-refractivity contribution >= 4 is 32.6 Å². The van der Waals surface area contributed by atoms with Crippen LogP contribution in [0.15, 0.2) is 77.8 Å². The highest BCUT2D eigenvalue weighted by molar-refractivity contribution is 7.89. The number of carbonyl (C=O) groups is 1. The van der Waals surface area contributed by atoms with Crippen LogP contribution >= 0.6 is 0 Å².